The molecule has 172 valence electrons. The van der Waals surface area contributed by atoms with E-state index in [1.807, 2.05) is 0 Å². The van der Waals surface area contributed by atoms with Crippen LogP contribution in [0.4, 0.5) is 14.5 Å². The van der Waals surface area contributed by atoms with E-state index in [-0.39, 0.29) is 30.1 Å². The zero-order valence-corrected chi connectivity index (χ0v) is 17.6. The van der Waals surface area contributed by atoms with Crippen LogP contribution in [0.15, 0.2) is 29.3 Å². The van der Waals surface area contributed by atoms with E-state index in [1.54, 1.807) is 16.0 Å². The lowest BCUT2D eigenvalue weighted by Crippen LogP contribution is -2.45. The van der Waals surface area contributed by atoms with Crippen molar-refractivity contribution in [3.63, 3.8) is 0 Å². The molecule has 2 heterocycles. The van der Waals surface area contributed by atoms with Gasteiger partial charge >= 0.3 is 6.61 Å². The average molecular weight is 448 g/mol. The predicted molar refractivity (Wildman–Crippen MR) is 113 cm³/mol. The average Bonchev–Trinajstić information content (AvgIpc) is 3.25. The summed E-state index contributed by atoms with van der Waals surface area (Å²) >= 11 is 0. The first-order valence-corrected chi connectivity index (χ1v) is 10.6. The molecule has 3 rings (SSSR count). The minimum Gasteiger partial charge on any atom is -0.435 e. The predicted octanol–water partition coefficient (Wildman–Crippen LogP) is 2.13. The minimum absolute atomic E-state index is 0.00506. The first-order chi connectivity index (χ1) is 15.5. The zero-order chi connectivity index (χ0) is 22.9. The van der Waals surface area contributed by atoms with Gasteiger partial charge in [0.05, 0.1) is 6.54 Å². The first-order valence-electron chi connectivity index (χ1n) is 10.6. The molecule has 0 radical (unpaired) electrons. The third kappa shape index (κ3) is 6.54. The Morgan fingerprint density at radius 3 is 2.53 bits per heavy atom. The van der Waals surface area contributed by atoms with E-state index in [1.165, 1.54) is 24.3 Å². The third-order valence-electron chi connectivity index (χ3n) is 5.34. The van der Waals surface area contributed by atoms with Gasteiger partial charge in [-0.1, -0.05) is 0 Å². The largest absolute Gasteiger partial charge is 0.435 e. The fourth-order valence-corrected chi connectivity index (χ4v) is 3.75. The first kappa shape index (κ1) is 23.2. The van der Waals surface area contributed by atoms with E-state index in [0.717, 1.165) is 38.8 Å². The zero-order valence-electron chi connectivity index (χ0n) is 17.6. The summed E-state index contributed by atoms with van der Waals surface area (Å²) in [5, 5.41) is 14.4. The number of anilines is 1. The number of aliphatic imine (C=N–C) groups is 1. The van der Waals surface area contributed by atoms with Crippen LogP contribution in [0.25, 0.3) is 0 Å². The molecule has 0 aliphatic carbocycles. The van der Waals surface area contributed by atoms with Gasteiger partial charge in [0.25, 0.3) is 0 Å². The number of ether oxygens (including phenoxy) is 1. The molecular formula is C21H26F2N6O3. The highest BCUT2D eigenvalue weighted by Crippen LogP contribution is 2.19. The number of benzene rings is 1. The monoisotopic (exact) mass is 448 g/mol. The molecule has 2 aliphatic rings. The molecule has 1 atom stereocenters. The Labute approximate surface area is 185 Å². The minimum atomic E-state index is -2.92. The lowest BCUT2D eigenvalue weighted by Gasteiger charge is -2.25. The Morgan fingerprint density at radius 2 is 1.88 bits per heavy atom. The molecule has 2 N–H and O–H groups in total. The molecule has 2 fully saturated rings. The van der Waals surface area contributed by atoms with Crippen molar-refractivity contribution >= 4 is 23.5 Å². The van der Waals surface area contributed by atoms with Gasteiger partial charge in [-0.2, -0.15) is 14.0 Å². The maximum absolute atomic E-state index is 13.1. The number of hydrogen-bond donors (Lipinski definition) is 2. The van der Waals surface area contributed by atoms with Crippen molar-refractivity contribution in [2.75, 3.05) is 31.5 Å². The highest BCUT2D eigenvalue weighted by molar-refractivity contribution is 5.97. The Hall–Kier alpha value is -3.42. The van der Waals surface area contributed by atoms with Crippen LogP contribution < -0.4 is 15.4 Å². The van der Waals surface area contributed by atoms with Crippen LogP contribution in [0.3, 0.4) is 0 Å². The van der Waals surface area contributed by atoms with Crippen molar-refractivity contribution in [2.24, 2.45) is 4.99 Å². The molecule has 1 aromatic carbocycles. The maximum Gasteiger partial charge on any atom is 0.387 e. The molecule has 11 heteroatoms. The molecule has 0 aromatic heterocycles. The van der Waals surface area contributed by atoms with E-state index >= 15 is 0 Å². The van der Waals surface area contributed by atoms with Crippen LogP contribution in [-0.4, -0.2) is 66.4 Å². The molecule has 1 aromatic rings. The molecule has 2 amide bonds. The van der Waals surface area contributed by atoms with E-state index < -0.39 is 12.7 Å². The Kier molecular flexibility index (Phi) is 8.19. The number of carbonyl (C=O) groups excluding carboxylic acids is 2. The maximum atomic E-state index is 13.1. The Bertz CT molecular complexity index is 865. The van der Waals surface area contributed by atoms with Gasteiger partial charge in [0, 0.05) is 25.3 Å². The van der Waals surface area contributed by atoms with Crippen molar-refractivity contribution in [3.05, 3.63) is 24.3 Å². The number of nitriles is 1. The van der Waals surface area contributed by atoms with Crippen LogP contribution in [0, 0.1) is 11.5 Å². The molecule has 0 bridgehead atoms. The lowest BCUT2D eigenvalue weighted by molar-refractivity contribution is -0.140. The number of amides is 2. The van der Waals surface area contributed by atoms with Gasteiger partial charge in [-0.3, -0.25) is 14.9 Å². The molecule has 9 nitrogen and oxygen atoms in total. The number of hydrogen-bond acceptors (Lipinski definition) is 5. The quantitative estimate of drug-likeness (QED) is 0.299. The highest BCUT2D eigenvalue weighted by Gasteiger charge is 2.30. The summed E-state index contributed by atoms with van der Waals surface area (Å²) in [6, 6.07) is 4.93. The van der Waals surface area contributed by atoms with Gasteiger partial charge in [0.2, 0.25) is 17.8 Å². The molecule has 0 spiro atoms. The fraction of sp³-hybridized carbons (Fsp3) is 0.524. The Balaban J connectivity index is 1.69. The number of nitrogens with one attached hydrogen (secondary N) is 2. The Morgan fingerprint density at radius 1 is 1.19 bits per heavy atom. The van der Waals surface area contributed by atoms with Crippen LogP contribution in [0.5, 0.6) is 5.75 Å². The van der Waals surface area contributed by atoms with Gasteiger partial charge < -0.3 is 19.9 Å². The highest BCUT2D eigenvalue weighted by atomic mass is 19.3. The van der Waals surface area contributed by atoms with E-state index in [4.69, 9.17) is 5.26 Å². The molecule has 1 unspecified atom stereocenters. The van der Waals surface area contributed by atoms with E-state index in [0.29, 0.717) is 18.7 Å². The SMILES string of the molecule is N#CNC(=NC1CCCCN(CC(=O)N2CCCC2)C1=O)Nc1ccc(OC(F)F)cc1. The van der Waals surface area contributed by atoms with Crippen molar-refractivity contribution in [2.45, 2.75) is 44.8 Å². The van der Waals surface area contributed by atoms with Crippen LogP contribution in [0.2, 0.25) is 0 Å². The van der Waals surface area contributed by atoms with E-state index in [9.17, 15) is 18.4 Å². The number of nitrogens with zero attached hydrogens (tertiary/aromatic N) is 4. The lowest BCUT2D eigenvalue weighted by atomic mass is 10.1. The number of likely N-dealkylation sites (tertiary alicyclic amines) is 2. The summed E-state index contributed by atoms with van der Waals surface area (Å²) in [6.07, 6.45) is 5.76. The summed E-state index contributed by atoms with van der Waals surface area (Å²) in [5.74, 6) is -0.259. The summed E-state index contributed by atoms with van der Waals surface area (Å²) in [4.78, 5) is 33.3. The van der Waals surface area contributed by atoms with Gasteiger partial charge in [-0.25, -0.2) is 4.99 Å². The molecule has 0 saturated carbocycles. The van der Waals surface area contributed by atoms with Crippen LogP contribution in [-0.2, 0) is 9.59 Å². The van der Waals surface area contributed by atoms with Crippen molar-refractivity contribution < 1.29 is 23.1 Å². The number of guanidine groups is 1. The van der Waals surface area contributed by atoms with Gasteiger partial charge in [-0.15, -0.1) is 0 Å². The van der Waals surface area contributed by atoms with Gasteiger partial charge in [0.15, 0.2) is 6.19 Å². The molecular weight excluding hydrogens is 422 g/mol. The summed E-state index contributed by atoms with van der Waals surface area (Å²) in [7, 11) is 0. The van der Waals surface area contributed by atoms with Crippen LogP contribution in [0.1, 0.15) is 32.1 Å². The van der Waals surface area contributed by atoms with Crippen molar-refractivity contribution in [1.82, 2.24) is 15.1 Å². The normalized spacial score (nSPS) is 19.5. The summed E-state index contributed by atoms with van der Waals surface area (Å²) < 4.78 is 28.9. The second-order valence-electron chi connectivity index (χ2n) is 7.60. The van der Waals surface area contributed by atoms with Gasteiger partial charge in [0.1, 0.15) is 11.8 Å². The second-order valence-corrected chi connectivity index (χ2v) is 7.60. The molecule has 32 heavy (non-hydrogen) atoms. The summed E-state index contributed by atoms with van der Waals surface area (Å²) in [6.45, 7) is -0.948. The second kappa shape index (κ2) is 11.3. The molecule has 2 aliphatic heterocycles. The van der Waals surface area contributed by atoms with Crippen molar-refractivity contribution in [3.8, 4) is 11.9 Å². The number of rotatable bonds is 6. The van der Waals surface area contributed by atoms with E-state index in [2.05, 4.69) is 20.4 Å². The summed E-state index contributed by atoms with van der Waals surface area (Å²) in [5.41, 5.74) is 0.468. The number of carbonyl (C=O) groups is 2. The van der Waals surface area contributed by atoms with Gasteiger partial charge in [-0.05, 0) is 56.4 Å². The molecule has 2 saturated heterocycles. The fourth-order valence-electron chi connectivity index (χ4n) is 3.75. The third-order valence-corrected chi connectivity index (χ3v) is 5.34. The number of halogens is 2. The standard InChI is InChI=1S/C21H26F2N6O3/c22-20(23)32-16-8-6-15(7-9-16)26-21(25-14-24)27-17-5-1-2-12-29(19(17)31)13-18(30)28-10-3-4-11-28/h6-9,17,20H,1-5,10-13H2,(H2,25,26,27). The van der Waals surface area contributed by atoms with Crippen LogP contribution >= 0.6 is 0 Å². The smallest absolute Gasteiger partial charge is 0.387 e. The topological polar surface area (TPSA) is 110 Å². The van der Waals surface area contributed by atoms with Crippen molar-refractivity contribution in [1.29, 1.82) is 5.26 Å². The number of alkyl halides is 2.